The summed E-state index contributed by atoms with van der Waals surface area (Å²) in [4.78, 5) is 15.1. The zero-order chi connectivity index (χ0) is 17.2. The van der Waals surface area contributed by atoms with E-state index in [0.717, 1.165) is 12.8 Å². The first-order valence-corrected chi connectivity index (χ1v) is 8.82. The molecule has 5 nitrogen and oxygen atoms in total. The lowest BCUT2D eigenvalue weighted by atomic mass is 9.79. The number of halogens is 2. The van der Waals surface area contributed by atoms with E-state index in [0.29, 0.717) is 39.1 Å². The number of amides is 1. The average Bonchev–Trinajstić information content (AvgIpc) is 3.00. The Kier molecular flexibility index (Phi) is 8.36. The molecule has 0 spiro atoms. The molecule has 1 aromatic carbocycles. The monoisotopic (exact) mass is 403 g/mol. The Hall–Kier alpha value is -0.850. The third-order valence-electron chi connectivity index (χ3n) is 6.01. The maximum absolute atomic E-state index is 12.9. The first-order chi connectivity index (χ1) is 11.5. The Morgan fingerprint density at radius 3 is 2.15 bits per heavy atom. The molecule has 1 saturated heterocycles. The van der Waals surface area contributed by atoms with Crippen LogP contribution in [0.15, 0.2) is 24.3 Å². The third kappa shape index (κ3) is 4.34. The van der Waals surface area contributed by atoms with Crippen molar-refractivity contribution in [2.45, 2.75) is 31.2 Å². The Morgan fingerprint density at radius 1 is 1.15 bits per heavy atom. The van der Waals surface area contributed by atoms with Crippen LogP contribution in [0.2, 0.25) is 0 Å². The molecular formula is C19H31Cl2N3O2. The number of nitrogens with one attached hydrogen (secondary N) is 1. The van der Waals surface area contributed by atoms with Gasteiger partial charge in [-0.1, -0.05) is 24.3 Å². The standard InChI is InChI=1S/C19H29N3O2.2ClH/c1-22(2)19(11-15-5-3-4-6-16(15)12-19)14-21-17(23)18(13-20)7-9-24-10-8-18;;/h3-6H,7-14,20H2,1-2H3,(H,21,23);2*1H. The van der Waals surface area contributed by atoms with Crippen LogP contribution in [0.25, 0.3) is 0 Å². The summed E-state index contributed by atoms with van der Waals surface area (Å²) in [6.45, 7) is 2.28. The zero-order valence-electron chi connectivity index (χ0n) is 15.6. The van der Waals surface area contributed by atoms with Crippen LogP contribution in [-0.2, 0) is 22.4 Å². The molecule has 1 aliphatic heterocycles. The molecule has 0 unspecified atom stereocenters. The summed E-state index contributed by atoms with van der Waals surface area (Å²) >= 11 is 0. The number of benzene rings is 1. The molecule has 2 aliphatic rings. The van der Waals surface area contributed by atoms with Crippen molar-refractivity contribution < 1.29 is 9.53 Å². The Morgan fingerprint density at radius 2 is 1.69 bits per heavy atom. The van der Waals surface area contributed by atoms with Gasteiger partial charge in [-0.15, -0.1) is 24.8 Å². The first-order valence-electron chi connectivity index (χ1n) is 8.82. The first kappa shape index (κ1) is 23.2. The van der Waals surface area contributed by atoms with Gasteiger partial charge in [-0.25, -0.2) is 0 Å². The fourth-order valence-electron chi connectivity index (χ4n) is 3.99. The number of nitrogens with zero attached hydrogens (tertiary/aromatic N) is 1. The van der Waals surface area contributed by atoms with Gasteiger partial charge in [0.15, 0.2) is 0 Å². The molecule has 1 amide bonds. The summed E-state index contributed by atoms with van der Waals surface area (Å²) in [5.74, 6) is 0.0884. The van der Waals surface area contributed by atoms with Crippen molar-refractivity contribution in [3.8, 4) is 0 Å². The van der Waals surface area contributed by atoms with Crippen LogP contribution in [0.1, 0.15) is 24.0 Å². The number of nitrogens with two attached hydrogens (primary N) is 1. The zero-order valence-corrected chi connectivity index (χ0v) is 17.3. The van der Waals surface area contributed by atoms with E-state index in [1.807, 2.05) is 0 Å². The molecule has 7 heteroatoms. The Balaban J connectivity index is 0.00000169. The summed E-state index contributed by atoms with van der Waals surface area (Å²) in [5.41, 5.74) is 8.22. The summed E-state index contributed by atoms with van der Waals surface area (Å²) < 4.78 is 5.41. The number of carbonyl (C=O) groups is 1. The SMILES string of the molecule is CN(C)C1(CNC(=O)C2(CN)CCOCC2)Cc2ccccc2C1.Cl.Cl. The van der Waals surface area contributed by atoms with Gasteiger partial charge in [-0.2, -0.15) is 0 Å². The molecular weight excluding hydrogens is 373 g/mol. The van der Waals surface area contributed by atoms with Crippen LogP contribution >= 0.6 is 24.8 Å². The van der Waals surface area contributed by atoms with Gasteiger partial charge in [0.05, 0.1) is 5.41 Å². The van der Waals surface area contributed by atoms with Crippen LogP contribution in [-0.4, -0.2) is 56.7 Å². The summed E-state index contributed by atoms with van der Waals surface area (Å²) in [7, 11) is 4.20. The summed E-state index contributed by atoms with van der Waals surface area (Å²) in [6, 6.07) is 8.58. The number of fused-ring (bicyclic) bond motifs is 1. The molecule has 148 valence electrons. The molecule has 3 rings (SSSR count). The molecule has 0 aromatic heterocycles. The highest BCUT2D eigenvalue weighted by molar-refractivity contribution is 5.85. The topological polar surface area (TPSA) is 67.6 Å². The van der Waals surface area contributed by atoms with Crippen molar-refractivity contribution in [1.29, 1.82) is 0 Å². The van der Waals surface area contributed by atoms with Crippen LogP contribution < -0.4 is 11.1 Å². The van der Waals surface area contributed by atoms with E-state index in [-0.39, 0.29) is 36.3 Å². The fourth-order valence-corrected chi connectivity index (χ4v) is 3.99. The number of carbonyl (C=O) groups excluding carboxylic acids is 1. The molecule has 0 bridgehead atoms. The summed E-state index contributed by atoms with van der Waals surface area (Å²) in [6.07, 6.45) is 3.36. The van der Waals surface area contributed by atoms with E-state index in [1.165, 1.54) is 11.1 Å². The van der Waals surface area contributed by atoms with Gasteiger partial charge in [-0.05, 0) is 50.9 Å². The number of hydrogen-bond donors (Lipinski definition) is 2. The van der Waals surface area contributed by atoms with Crippen molar-refractivity contribution in [2.75, 3.05) is 40.4 Å². The van der Waals surface area contributed by atoms with E-state index in [2.05, 4.69) is 48.6 Å². The van der Waals surface area contributed by atoms with Gasteiger partial charge >= 0.3 is 0 Å². The van der Waals surface area contributed by atoms with Crippen LogP contribution in [0.4, 0.5) is 0 Å². The van der Waals surface area contributed by atoms with Gasteiger partial charge in [-0.3, -0.25) is 4.79 Å². The van der Waals surface area contributed by atoms with Crippen molar-refractivity contribution >= 4 is 30.7 Å². The van der Waals surface area contributed by atoms with Crippen molar-refractivity contribution in [3.63, 3.8) is 0 Å². The number of rotatable bonds is 5. The normalized spacial score (nSPS) is 19.8. The highest BCUT2D eigenvalue weighted by Gasteiger charge is 2.43. The van der Waals surface area contributed by atoms with E-state index in [9.17, 15) is 4.79 Å². The Bertz CT molecular complexity index is 579. The highest BCUT2D eigenvalue weighted by atomic mass is 35.5. The lowest BCUT2D eigenvalue weighted by Gasteiger charge is -2.39. The highest BCUT2D eigenvalue weighted by Crippen LogP contribution is 2.34. The minimum absolute atomic E-state index is 0. The number of ether oxygens (including phenoxy) is 1. The molecule has 0 radical (unpaired) electrons. The average molecular weight is 404 g/mol. The smallest absolute Gasteiger partial charge is 0.227 e. The second-order valence-corrected chi connectivity index (χ2v) is 7.52. The van der Waals surface area contributed by atoms with E-state index < -0.39 is 5.41 Å². The molecule has 1 aromatic rings. The molecule has 1 heterocycles. The van der Waals surface area contributed by atoms with Crippen LogP contribution in [0.3, 0.4) is 0 Å². The number of likely N-dealkylation sites (N-methyl/N-ethyl adjacent to an activating group) is 1. The van der Waals surface area contributed by atoms with Crippen LogP contribution in [0.5, 0.6) is 0 Å². The minimum atomic E-state index is -0.461. The molecule has 0 saturated carbocycles. The fraction of sp³-hybridized carbons (Fsp3) is 0.632. The van der Waals surface area contributed by atoms with Gasteiger partial charge in [0.2, 0.25) is 5.91 Å². The molecule has 3 N–H and O–H groups in total. The minimum Gasteiger partial charge on any atom is -0.381 e. The van der Waals surface area contributed by atoms with Gasteiger partial charge in [0.25, 0.3) is 0 Å². The van der Waals surface area contributed by atoms with Gasteiger partial charge in [0.1, 0.15) is 0 Å². The predicted octanol–water partition coefficient (Wildman–Crippen LogP) is 1.80. The van der Waals surface area contributed by atoms with Crippen molar-refractivity contribution in [1.82, 2.24) is 10.2 Å². The lowest BCUT2D eigenvalue weighted by Crippen LogP contribution is -2.57. The van der Waals surface area contributed by atoms with Crippen molar-refractivity contribution in [3.05, 3.63) is 35.4 Å². The van der Waals surface area contributed by atoms with E-state index >= 15 is 0 Å². The third-order valence-corrected chi connectivity index (χ3v) is 6.01. The lowest BCUT2D eigenvalue weighted by molar-refractivity contribution is -0.136. The van der Waals surface area contributed by atoms with Gasteiger partial charge < -0.3 is 20.7 Å². The van der Waals surface area contributed by atoms with E-state index in [1.54, 1.807) is 0 Å². The van der Waals surface area contributed by atoms with Crippen molar-refractivity contribution in [2.24, 2.45) is 11.1 Å². The maximum atomic E-state index is 12.9. The second kappa shape index (κ2) is 9.38. The predicted molar refractivity (Wildman–Crippen MR) is 109 cm³/mol. The quantitative estimate of drug-likeness (QED) is 0.786. The van der Waals surface area contributed by atoms with Gasteiger partial charge in [0, 0.05) is 31.8 Å². The molecule has 0 atom stereocenters. The molecule has 1 aliphatic carbocycles. The number of hydrogen-bond acceptors (Lipinski definition) is 4. The Labute approximate surface area is 168 Å². The summed E-state index contributed by atoms with van der Waals surface area (Å²) in [5, 5.41) is 3.23. The molecule has 26 heavy (non-hydrogen) atoms. The second-order valence-electron chi connectivity index (χ2n) is 7.52. The maximum Gasteiger partial charge on any atom is 0.227 e. The van der Waals surface area contributed by atoms with Crippen LogP contribution in [0, 0.1) is 5.41 Å². The van der Waals surface area contributed by atoms with E-state index in [4.69, 9.17) is 10.5 Å². The largest absolute Gasteiger partial charge is 0.381 e. The molecule has 1 fully saturated rings.